The Morgan fingerprint density at radius 1 is 1.35 bits per heavy atom. The van der Waals surface area contributed by atoms with Crippen LogP contribution in [-0.4, -0.2) is 41.6 Å². The zero-order valence-electron chi connectivity index (χ0n) is 13.3. The van der Waals surface area contributed by atoms with Crippen LogP contribution in [0.25, 0.3) is 0 Å². The first-order chi connectivity index (χ1) is 11.1. The number of carbonyl (C=O) groups is 1. The number of nitrogens with one attached hydrogen (secondary N) is 2. The van der Waals surface area contributed by atoms with E-state index in [2.05, 4.69) is 20.8 Å². The number of rotatable bonds is 8. The van der Waals surface area contributed by atoms with Gasteiger partial charge in [-0.25, -0.2) is 0 Å². The molecular weight excluding hydrogens is 332 g/mol. The standard InChI is InChI=1S/C15H20N4O2S2/c1-10-4-6-12(7-5-10)17-14-18-19-15(23-14)22-9-13(20)16-11(2)8-21-3/h4-7,11H,8-9H2,1-3H3,(H,16,20)(H,17,18)/t11-/m0/s1. The fraction of sp³-hybridized carbons (Fsp3) is 0.400. The highest BCUT2D eigenvalue weighted by Crippen LogP contribution is 2.27. The van der Waals surface area contributed by atoms with Gasteiger partial charge in [-0.3, -0.25) is 4.79 Å². The first-order valence-electron chi connectivity index (χ1n) is 7.15. The van der Waals surface area contributed by atoms with Gasteiger partial charge in [-0.2, -0.15) is 0 Å². The van der Waals surface area contributed by atoms with Crippen LogP contribution >= 0.6 is 23.1 Å². The van der Waals surface area contributed by atoms with Gasteiger partial charge < -0.3 is 15.4 Å². The van der Waals surface area contributed by atoms with Crippen LogP contribution < -0.4 is 10.6 Å². The predicted octanol–water partition coefficient (Wildman–Crippen LogP) is 2.83. The van der Waals surface area contributed by atoms with Gasteiger partial charge in [0, 0.05) is 18.8 Å². The number of benzene rings is 1. The maximum atomic E-state index is 11.8. The van der Waals surface area contributed by atoms with E-state index in [0.717, 1.165) is 10.0 Å². The molecule has 2 aromatic rings. The molecule has 1 aromatic carbocycles. The lowest BCUT2D eigenvalue weighted by molar-refractivity contribution is -0.119. The van der Waals surface area contributed by atoms with E-state index in [1.165, 1.54) is 28.7 Å². The van der Waals surface area contributed by atoms with E-state index in [0.29, 0.717) is 17.5 Å². The Balaban J connectivity index is 1.80. The van der Waals surface area contributed by atoms with Gasteiger partial charge in [0.2, 0.25) is 11.0 Å². The second kappa shape index (κ2) is 8.85. The van der Waals surface area contributed by atoms with Crippen LogP contribution in [0.2, 0.25) is 0 Å². The Morgan fingerprint density at radius 3 is 2.78 bits per heavy atom. The number of ether oxygens (including phenoxy) is 1. The number of nitrogens with zero attached hydrogens (tertiary/aromatic N) is 2. The van der Waals surface area contributed by atoms with Gasteiger partial charge in [0.15, 0.2) is 4.34 Å². The van der Waals surface area contributed by atoms with E-state index < -0.39 is 0 Å². The van der Waals surface area contributed by atoms with Crippen LogP contribution in [0.4, 0.5) is 10.8 Å². The average Bonchev–Trinajstić information content (AvgIpc) is 2.95. The molecule has 0 radical (unpaired) electrons. The van der Waals surface area contributed by atoms with Crippen molar-refractivity contribution in [3.63, 3.8) is 0 Å². The first kappa shape index (κ1) is 17.7. The summed E-state index contributed by atoms with van der Waals surface area (Å²) in [7, 11) is 1.61. The number of hydrogen-bond donors (Lipinski definition) is 2. The van der Waals surface area contributed by atoms with Crippen molar-refractivity contribution in [3.05, 3.63) is 29.8 Å². The van der Waals surface area contributed by atoms with Crippen molar-refractivity contribution in [3.8, 4) is 0 Å². The summed E-state index contributed by atoms with van der Waals surface area (Å²) < 4.78 is 5.74. The smallest absolute Gasteiger partial charge is 0.230 e. The van der Waals surface area contributed by atoms with Crippen molar-refractivity contribution < 1.29 is 9.53 Å². The van der Waals surface area contributed by atoms with E-state index in [1.54, 1.807) is 7.11 Å². The molecule has 0 saturated carbocycles. The third kappa shape index (κ3) is 6.17. The molecule has 2 N–H and O–H groups in total. The molecule has 0 spiro atoms. The molecule has 124 valence electrons. The molecule has 8 heteroatoms. The van der Waals surface area contributed by atoms with Gasteiger partial charge in [-0.1, -0.05) is 40.8 Å². The van der Waals surface area contributed by atoms with Crippen molar-refractivity contribution >= 4 is 39.8 Å². The van der Waals surface area contributed by atoms with Gasteiger partial charge in [0.05, 0.1) is 12.4 Å². The number of carbonyl (C=O) groups excluding carboxylic acids is 1. The van der Waals surface area contributed by atoms with E-state index >= 15 is 0 Å². The van der Waals surface area contributed by atoms with Crippen molar-refractivity contribution in [1.82, 2.24) is 15.5 Å². The first-order valence-corrected chi connectivity index (χ1v) is 8.95. The third-order valence-electron chi connectivity index (χ3n) is 2.86. The molecular formula is C15H20N4O2S2. The summed E-state index contributed by atoms with van der Waals surface area (Å²) in [6, 6.07) is 8.05. The van der Waals surface area contributed by atoms with Crippen molar-refractivity contribution in [2.75, 3.05) is 24.8 Å². The van der Waals surface area contributed by atoms with Crippen LogP contribution in [0.1, 0.15) is 12.5 Å². The summed E-state index contributed by atoms with van der Waals surface area (Å²) in [5.41, 5.74) is 2.17. The Morgan fingerprint density at radius 2 is 2.09 bits per heavy atom. The fourth-order valence-electron chi connectivity index (χ4n) is 1.81. The maximum Gasteiger partial charge on any atom is 0.230 e. The molecule has 1 amide bonds. The average molecular weight is 352 g/mol. The molecule has 0 unspecified atom stereocenters. The highest BCUT2D eigenvalue weighted by Gasteiger charge is 2.10. The zero-order chi connectivity index (χ0) is 16.7. The molecule has 0 saturated heterocycles. The van der Waals surface area contributed by atoms with E-state index in [-0.39, 0.29) is 11.9 Å². The topological polar surface area (TPSA) is 76.1 Å². The number of hydrogen-bond acceptors (Lipinski definition) is 7. The normalized spacial score (nSPS) is 12.0. The van der Waals surface area contributed by atoms with E-state index in [4.69, 9.17) is 4.74 Å². The minimum absolute atomic E-state index is 0.00119. The summed E-state index contributed by atoms with van der Waals surface area (Å²) in [5, 5.41) is 14.9. The minimum atomic E-state index is -0.0391. The summed E-state index contributed by atoms with van der Waals surface area (Å²) in [5.74, 6) is 0.274. The van der Waals surface area contributed by atoms with Gasteiger partial charge >= 0.3 is 0 Å². The van der Waals surface area contributed by atoms with Crippen LogP contribution in [0.3, 0.4) is 0 Å². The Labute approximate surface area is 144 Å². The fourth-order valence-corrected chi connectivity index (χ4v) is 3.40. The summed E-state index contributed by atoms with van der Waals surface area (Å²) in [6.45, 7) is 4.45. The minimum Gasteiger partial charge on any atom is -0.383 e. The van der Waals surface area contributed by atoms with E-state index in [9.17, 15) is 4.79 Å². The molecule has 23 heavy (non-hydrogen) atoms. The predicted molar refractivity (Wildman–Crippen MR) is 94.6 cm³/mol. The Kier molecular flexibility index (Phi) is 6.82. The van der Waals surface area contributed by atoms with Crippen molar-refractivity contribution in [1.29, 1.82) is 0 Å². The lowest BCUT2D eigenvalue weighted by Crippen LogP contribution is -2.36. The molecule has 1 aromatic heterocycles. The molecule has 0 aliphatic rings. The molecule has 0 fully saturated rings. The van der Waals surface area contributed by atoms with Crippen LogP contribution in [0.15, 0.2) is 28.6 Å². The Hall–Kier alpha value is -1.64. The molecule has 1 atom stereocenters. The van der Waals surface area contributed by atoms with Crippen LogP contribution in [0.5, 0.6) is 0 Å². The van der Waals surface area contributed by atoms with Crippen molar-refractivity contribution in [2.45, 2.75) is 24.2 Å². The lowest BCUT2D eigenvalue weighted by Gasteiger charge is -2.11. The highest BCUT2D eigenvalue weighted by atomic mass is 32.2. The quantitative estimate of drug-likeness (QED) is 0.712. The van der Waals surface area contributed by atoms with Gasteiger partial charge in [0.1, 0.15) is 0 Å². The summed E-state index contributed by atoms with van der Waals surface area (Å²) in [6.07, 6.45) is 0. The molecule has 6 nitrogen and oxygen atoms in total. The second-order valence-corrected chi connectivity index (χ2v) is 7.28. The van der Waals surface area contributed by atoms with Crippen molar-refractivity contribution in [2.24, 2.45) is 0 Å². The number of anilines is 2. The number of thioether (sulfide) groups is 1. The van der Waals surface area contributed by atoms with Crippen LogP contribution in [0, 0.1) is 6.92 Å². The van der Waals surface area contributed by atoms with Crippen LogP contribution in [-0.2, 0) is 9.53 Å². The second-order valence-electron chi connectivity index (χ2n) is 5.08. The largest absolute Gasteiger partial charge is 0.383 e. The van der Waals surface area contributed by atoms with E-state index in [1.807, 2.05) is 38.1 Å². The number of aromatic nitrogens is 2. The summed E-state index contributed by atoms with van der Waals surface area (Å²) >= 11 is 2.80. The van der Waals surface area contributed by atoms with Gasteiger partial charge in [-0.05, 0) is 26.0 Å². The molecule has 0 aliphatic carbocycles. The monoisotopic (exact) mass is 352 g/mol. The number of amides is 1. The third-order valence-corrected chi connectivity index (χ3v) is 4.83. The SMILES string of the molecule is COC[C@H](C)NC(=O)CSc1nnc(Nc2ccc(C)cc2)s1. The molecule has 0 aliphatic heterocycles. The zero-order valence-corrected chi connectivity index (χ0v) is 15.0. The van der Waals surface area contributed by atoms with Gasteiger partial charge in [0.25, 0.3) is 0 Å². The number of methoxy groups -OCH3 is 1. The lowest BCUT2D eigenvalue weighted by atomic mass is 10.2. The molecule has 0 bridgehead atoms. The molecule has 2 rings (SSSR count). The van der Waals surface area contributed by atoms with Gasteiger partial charge in [-0.15, -0.1) is 10.2 Å². The Bertz CT molecular complexity index is 631. The molecule has 1 heterocycles. The summed E-state index contributed by atoms with van der Waals surface area (Å²) in [4.78, 5) is 11.8. The maximum absolute atomic E-state index is 11.8. The number of aryl methyl sites for hydroxylation is 1. The highest BCUT2D eigenvalue weighted by molar-refractivity contribution is 8.01.